The largest absolute Gasteiger partial charge is 0.493 e. The third kappa shape index (κ3) is 2.22. The number of aliphatic hydroxyl groups excluding tert-OH is 1. The molecule has 1 N–H and O–H groups in total. The Morgan fingerprint density at radius 3 is 2.73 bits per heavy atom. The first kappa shape index (κ1) is 8.60. The molecule has 0 aromatic heterocycles. The first-order valence-corrected chi connectivity index (χ1v) is 4.13. The maximum Gasteiger partial charge on any atom is 0.118 e. The minimum atomic E-state index is -0.432. The molecule has 64 valence electrons. The van der Waals surface area contributed by atoms with Gasteiger partial charge in [0, 0.05) is 6.42 Å². The fourth-order valence-corrected chi connectivity index (χ4v) is 1.39. The lowest BCUT2D eigenvalue weighted by atomic mass is 10.0. The topological polar surface area (TPSA) is 29.5 Å². The van der Waals surface area contributed by atoms with E-state index in [0.29, 0.717) is 11.7 Å². The van der Waals surface area contributed by atoms with E-state index in [4.69, 9.17) is 4.74 Å². The van der Waals surface area contributed by atoms with E-state index in [1.54, 1.807) is 0 Å². The zero-order chi connectivity index (χ0) is 8.43. The molecular weight excluding hydrogens is 140 g/mol. The monoisotopic (exact) mass is 156 g/mol. The maximum absolute atomic E-state index is 9.26. The molecule has 1 saturated heterocycles. The van der Waals surface area contributed by atoms with Crippen LogP contribution in [0.1, 0.15) is 26.7 Å². The Morgan fingerprint density at radius 1 is 1.73 bits per heavy atom. The van der Waals surface area contributed by atoms with Crippen LogP contribution in [0, 0.1) is 5.92 Å². The van der Waals surface area contributed by atoms with Gasteiger partial charge >= 0.3 is 0 Å². The molecule has 0 unspecified atom stereocenters. The van der Waals surface area contributed by atoms with E-state index >= 15 is 0 Å². The highest BCUT2D eigenvalue weighted by Crippen LogP contribution is 2.26. The smallest absolute Gasteiger partial charge is 0.118 e. The summed E-state index contributed by atoms with van der Waals surface area (Å²) in [6, 6.07) is 0. The van der Waals surface area contributed by atoms with Crippen molar-refractivity contribution in [3.63, 3.8) is 0 Å². The summed E-state index contributed by atoms with van der Waals surface area (Å²) < 4.78 is 5.34. The standard InChI is InChI=1S/C9H16O2/c1-6(2)4-8-5-9(10)7(3)11-8/h6,8-10H,3-5H2,1-2H3/t8-,9-/m1/s1. The Morgan fingerprint density at radius 2 is 2.36 bits per heavy atom. The zero-order valence-corrected chi connectivity index (χ0v) is 7.21. The molecule has 0 bridgehead atoms. The first-order chi connectivity index (χ1) is 5.09. The number of hydrogen-bond donors (Lipinski definition) is 1. The van der Waals surface area contributed by atoms with Crippen molar-refractivity contribution >= 4 is 0 Å². The lowest BCUT2D eigenvalue weighted by Crippen LogP contribution is -2.09. The normalized spacial score (nSPS) is 31.1. The van der Waals surface area contributed by atoms with Gasteiger partial charge in [-0.25, -0.2) is 0 Å². The lowest BCUT2D eigenvalue weighted by Gasteiger charge is -2.11. The quantitative estimate of drug-likeness (QED) is 0.659. The summed E-state index contributed by atoms with van der Waals surface area (Å²) in [5, 5.41) is 9.26. The molecule has 1 aliphatic heterocycles. The van der Waals surface area contributed by atoms with Crippen molar-refractivity contribution < 1.29 is 9.84 Å². The Labute approximate surface area is 67.9 Å². The van der Waals surface area contributed by atoms with Crippen LogP contribution in [0.4, 0.5) is 0 Å². The summed E-state index contributed by atoms with van der Waals surface area (Å²) in [5.41, 5.74) is 0. The molecule has 0 aromatic carbocycles. The van der Waals surface area contributed by atoms with E-state index in [1.807, 2.05) is 0 Å². The summed E-state index contributed by atoms with van der Waals surface area (Å²) in [7, 11) is 0. The van der Waals surface area contributed by atoms with E-state index in [2.05, 4.69) is 20.4 Å². The number of rotatable bonds is 2. The number of ether oxygens (including phenoxy) is 1. The first-order valence-electron chi connectivity index (χ1n) is 4.13. The van der Waals surface area contributed by atoms with Crippen molar-refractivity contribution in [3.05, 3.63) is 12.3 Å². The van der Waals surface area contributed by atoms with E-state index in [9.17, 15) is 5.11 Å². The molecule has 1 fully saturated rings. The molecule has 0 amide bonds. The fourth-order valence-electron chi connectivity index (χ4n) is 1.39. The third-order valence-corrected chi connectivity index (χ3v) is 1.91. The molecule has 2 nitrogen and oxygen atoms in total. The van der Waals surface area contributed by atoms with Gasteiger partial charge in [-0.05, 0) is 12.3 Å². The lowest BCUT2D eigenvalue weighted by molar-refractivity contribution is 0.136. The van der Waals surface area contributed by atoms with Crippen LogP contribution >= 0.6 is 0 Å². The van der Waals surface area contributed by atoms with E-state index in [-0.39, 0.29) is 6.10 Å². The van der Waals surface area contributed by atoms with Crippen LogP contribution in [0.3, 0.4) is 0 Å². The van der Waals surface area contributed by atoms with Gasteiger partial charge in [0.2, 0.25) is 0 Å². The van der Waals surface area contributed by atoms with Crippen LogP contribution in [-0.2, 0) is 4.74 Å². The number of aliphatic hydroxyl groups is 1. The van der Waals surface area contributed by atoms with Gasteiger partial charge in [-0.1, -0.05) is 20.4 Å². The predicted molar refractivity (Wildman–Crippen MR) is 44.1 cm³/mol. The molecule has 0 spiro atoms. The molecule has 11 heavy (non-hydrogen) atoms. The summed E-state index contributed by atoms with van der Waals surface area (Å²) >= 11 is 0. The molecule has 0 saturated carbocycles. The van der Waals surface area contributed by atoms with Crippen molar-refractivity contribution in [2.24, 2.45) is 5.92 Å². The second-order valence-electron chi connectivity index (χ2n) is 3.59. The highest BCUT2D eigenvalue weighted by Gasteiger charge is 2.27. The van der Waals surface area contributed by atoms with E-state index in [0.717, 1.165) is 12.8 Å². The highest BCUT2D eigenvalue weighted by atomic mass is 16.5. The van der Waals surface area contributed by atoms with Crippen LogP contribution in [-0.4, -0.2) is 17.3 Å². The van der Waals surface area contributed by atoms with Crippen molar-refractivity contribution in [1.29, 1.82) is 0 Å². The van der Waals surface area contributed by atoms with Crippen LogP contribution in [0.2, 0.25) is 0 Å². The molecule has 1 aliphatic rings. The van der Waals surface area contributed by atoms with E-state index in [1.165, 1.54) is 0 Å². The minimum Gasteiger partial charge on any atom is -0.493 e. The Balaban J connectivity index is 2.35. The molecule has 1 heterocycles. The third-order valence-electron chi connectivity index (χ3n) is 1.91. The van der Waals surface area contributed by atoms with Gasteiger partial charge in [-0.15, -0.1) is 0 Å². The Hall–Kier alpha value is -0.500. The average molecular weight is 156 g/mol. The van der Waals surface area contributed by atoms with Crippen molar-refractivity contribution in [3.8, 4) is 0 Å². The van der Waals surface area contributed by atoms with Crippen LogP contribution in [0.15, 0.2) is 12.3 Å². The molecule has 0 aromatic rings. The summed E-state index contributed by atoms with van der Waals surface area (Å²) in [6.45, 7) is 7.92. The van der Waals surface area contributed by atoms with Gasteiger partial charge in [0.15, 0.2) is 0 Å². The van der Waals surface area contributed by atoms with Crippen LogP contribution in [0.25, 0.3) is 0 Å². The second kappa shape index (κ2) is 3.26. The van der Waals surface area contributed by atoms with Gasteiger partial charge < -0.3 is 9.84 Å². The zero-order valence-electron chi connectivity index (χ0n) is 7.21. The summed E-state index contributed by atoms with van der Waals surface area (Å²) in [4.78, 5) is 0. The average Bonchev–Trinajstić information content (AvgIpc) is 2.10. The molecule has 2 heteroatoms. The summed E-state index contributed by atoms with van der Waals surface area (Å²) in [6.07, 6.45) is 1.49. The summed E-state index contributed by atoms with van der Waals surface area (Å²) in [5.74, 6) is 1.16. The Kier molecular flexibility index (Phi) is 2.55. The molecule has 2 atom stereocenters. The van der Waals surface area contributed by atoms with Crippen molar-refractivity contribution in [2.75, 3.05) is 0 Å². The minimum absolute atomic E-state index is 0.192. The second-order valence-corrected chi connectivity index (χ2v) is 3.59. The van der Waals surface area contributed by atoms with Gasteiger partial charge in [0.1, 0.15) is 18.0 Å². The van der Waals surface area contributed by atoms with E-state index < -0.39 is 6.10 Å². The van der Waals surface area contributed by atoms with Crippen LogP contribution < -0.4 is 0 Å². The van der Waals surface area contributed by atoms with Crippen molar-refractivity contribution in [2.45, 2.75) is 38.9 Å². The molecule has 0 radical (unpaired) electrons. The van der Waals surface area contributed by atoms with Crippen molar-refractivity contribution in [1.82, 2.24) is 0 Å². The maximum atomic E-state index is 9.26. The molecule has 1 rings (SSSR count). The van der Waals surface area contributed by atoms with Crippen LogP contribution in [0.5, 0.6) is 0 Å². The predicted octanol–water partition coefficient (Wildman–Crippen LogP) is 1.70. The van der Waals surface area contributed by atoms with Gasteiger partial charge in [0.25, 0.3) is 0 Å². The SMILES string of the molecule is C=C1O[C@H](CC(C)C)C[C@H]1O. The molecule has 0 aliphatic carbocycles. The fraction of sp³-hybridized carbons (Fsp3) is 0.778. The highest BCUT2D eigenvalue weighted by molar-refractivity contribution is 4.99. The van der Waals surface area contributed by atoms with Gasteiger partial charge in [0.05, 0.1) is 0 Å². The molecular formula is C9H16O2. The van der Waals surface area contributed by atoms with Gasteiger partial charge in [-0.3, -0.25) is 0 Å². The number of hydrogen-bond acceptors (Lipinski definition) is 2. The Bertz CT molecular complexity index is 152. The van der Waals surface area contributed by atoms with Gasteiger partial charge in [-0.2, -0.15) is 0 Å².